The van der Waals surface area contributed by atoms with Gasteiger partial charge in [0.15, 0.2) is 0 Å². The Kier molecular flexibility index (Phi) is 2.46. The molecule has 0 aromatic carbocycles. The summed E-state index contributed by atoms with van der Waals surface area (Å²) in [5.74, 6) is 0. The summed E-state index contributed by atoms with van der Waals surface area (Å²) in [6.07, 6.45) is 6.42. The molecule has 1 fully saturated rings. The van der Waals surface area contributed by atoms with Crippen LogP contribution in [0, 0.1) is 0 Å². The van der Waals surface area contributed by atoms with Crippen LogP contribution in [0.15, 0.2) is 12.5 Å². The number of carbonyl (C=O) groups is 1. The molecule has 0 aliphatic carbocycles. The van der Waals surface area contributed by atoms with Gasteiger partial charge in [-0.2, -0.15) is 0 Å². The highest BCUT2D eigenvalue weighted by atomic mass is 16.2. The normalized spacial score (nSPS) is 25.6. The number of amides is 2. The van der Waals surface area contributed by atoms with Crippen LogP contribution in [-0.2, 0) is 6.42 Å². The second-order valence-electron chi connectivity index (χ2n) is 4.62. The van der Waals surface area contributed by atoms with Gasteiger partial charge in [0.2, 0.25) is 0 Å². The average molecular weight is 232 g/mol. The predicted octanol–water partition coefficient (Wildman–Crippen LogP) is 1.27. The molecule has 90 valence electrons. The van der Waals surface area contributed by atoms with Crippen molar-refractivity contribution in [2.24, 2.45) is 0 Å². The first kappa shape index (κ1) is 10.5. The molecule has 5 nitrogen and oxygen atoms in total. The Balaban J connectivity index is 1.94. The van der Waals surface area contributed by atoms with Crippen LogP contribution in [0.2, 0.25) is 0 Å². The van der Waals surface area contributed by atoms with E-state index >= 15 is 0 Å². The van der Waals surface area contributed by atoms with E-state index in [4.69, 9.17) is 0 Å². The molecule has 2 amide bonds. The van der Waals surface area contributed by atoms with Crippen LogP contribution in [0.5, 0.6) is 0 Å². The van der Waals surface area contributed by atoms with Gasteiger partial charge in [0.25, 0.3) is 0 Å². The van der Waals surface area contributed by atoms with E-state index in [-0.39, 0.29) is 12.1 Å². The summed E-state index contributed by atoms with van der Waals surface area (Å²) in [5, 5.41) is 2.89. The first-order chi connectivity index (χ1) is 8.31. The molecule has 1 saturated heterocycles. The largest absolute Gasteiger partial charge is 0.338 e. The molecule has 2 unspecified atom stereocenters. The second-order valence-corrected chi connectivity index (χ2v) is 4.62. The van der Waals surface area contributed by atoms with E-state index in [1.165, 1.54) is 0 Å². The number of fused-ring (bicyclic) bond motifs is 4. The van der Waals surface area contributed by atoms with E-state index in [0.29, 0.717) is 12.6 Å². The molecule has 0 radical (unpaired) electrons. The first-order valence-corrected chi connectivity index (χ1v) is 6.16. The standard InChI is InChI=1S/C12H16N4O/c1-2-14-12(17)16-8-3-4-11(16)9-6-13-7-15-10(9)5-8/h6-8,11H,2-5H2,1H3,(H,14,17). The van der Waals surface area contributed by atoms with Gasteiger partial charge < -0.3 is 10.2 Å². The molecule has 2 bridgehead atoms. The summed E-state index contributed by atoms with van der Waals surface area (Å²) in [6.45, 7) is 2.62. The van der Waals surface area contributed by atoms with E-state index in [1.54, 1.807) is 6.33 Å². The minimum atomic E-state index is 0.0505. The highest BCUT2D eigenvalue weighted by Gasteiger charge is 2.43. The van der Waals surface area contributed by atoms with E-state index in [9.17, 15) is 4.79 Å². The van der Waals surface area contributed by atoms with Gasteiger partial charge in [-0.05, 0) is 19.8 Å². The molecule has 5 heteroatoms. The zero-order chi connectivity index (χ0) is 11.8. The minimum Gasteiger partial charge on any atom is -0.338 e. The molecular formula is C12H16N4O. The smallest absolute Gasteiger partial charge is 0.318 e. The predicted molar refractivity (Wildman–Crippen MR) is 62.4 cm³/mol. The van der Waals surface area contributed by atoms with E-state index < -0.39 is 0 Å². The molecule has 2 aliphatic rings. The van der Waals surface area contributed by atoms with E-state index in [1.807, 2.05) is 18.0 Å². The Labute approximate surface area is 100 Å². The molecule has 0 spiro atoms. The Morgan fingerprint density at radius 2 is 2.47 bits per heavy atom. The lowest BCUT2D eigenvalue weighted by Crippen LogP contribution is -2.47. The highest BCUT2D eigenvalue weighted by Crippen LogP contribution is 2.42. The maximum absolute atomic E-state index is 12.0. The van der Waals surface area contributed by atoms with Gasteiger partial charge in [-0.25, -0.2) is 14.8 Å². The number of rotatable bonds is 1. The number of urea groups is 1. The summed E-state index contributed by atoms with van der Waals surface area (Å²) < 4.78 is 0. The minimum absolute atomic E-state index is 0.0505. The first-order valence-electron chi connectivity index (χ1n) is 6.16. The zero-order valence-corrected chi connectivity index (χ0v) is 9.89. The third kappa shape index (κ3) is 1.57. The van der Waals surface area contributed by atoms with Crippen LogP contribution < -0.4 is 5.32 Å². The molecule has 2 atom stereocenters. The number of nitrogens with one attached hydrogen (secondary N) is 1. The van der Waals surface area contributed by atoms with E-state index in [0.717, 1.165) is 30.5 Å². The molecule has 17 heavy (non-hydrogen) atoms. The third-order valence-electron chi connectivity index (χ3n) is 3.68. The molecule has 1 aromatic rings. The Morgan fingerprint density at radius 3 is 3.29 bits per heavy atom. The maximum atomic E-state index is 12.0. The van der Waals surface area contributed by atoms with Crippen molar-refractivity contribution in [1.82, 2.24) is 20.2 Å². The van der Waals surface area contributed by atoms with Crippen LogP contribution in [-0.4, -0.2) is 33.5 Å². The van der Waals surface area contributed by atoms with Crippen LogP contribution in [0.25, 0.3) is 0 Å². The average Bonchev–Trinajstić information content (AvgIpc) is 2.66. The van der Waals surface area contributed by atoms with Crippen molar-refractivity contribution >= 4 is 6.03 Å². The SMILES string of the molecule is CCNC(=O)N1C2CCC1c1cncnc1C2. The number of nitrogens with zero attached hydrogens (tertiary/aromatic N) is 3. The lowest BCUT2D eigenvalue weighted by atomic mass is 10.00. The van der Waals surface area contributed by atoms with Crippen molar-refractivity contribution in [1.29, 1.82) is 0 Å². The lowest BCUT2D eigenvalue weighted by Gasteiger charge is -2.35. The van der Waals surface area contributed by atoms with Crippen LogP contribution in [0.1, 0.15) is 37.1 Å². The molecule has 3 heterocycles. The van der Waals surface area contributed by atoms with Gasteiger partial charge >= 0.3 is 6.03 Å². The zero-order valence-electron chi connectivity index (χ0n) is 9.89. The van der Waals surface area contributed by atoms with Crippen molar-refractivity contribution < 1.29 is 4.79 Å². The van der Waals surface area contributed by atoms with Gasteiger partial charge in [0.1, 0.15) is 6.33 Å². The number of hydrogen-bond acceptors (Lipinski definition) is 3. The number of aromatic nitrogens is 2. The molecule has 1 aromatic heterocycles. The Bertz CT molecular complexity index is 448. The molecule has 1 N–H and O–H groups in total. The highest BCUT2D eigenvalue weighted by molar-refractivity contribution is 5.76. The van der Waals surface area contributed by atoms with Crippen molar-refractivity contribution in [3.8, 4) is 0 Å². The topological polar surface area (TPSA) is 58.1 Å². The van der Waals surface area contributed by atoms with Crippen LogP contribution >= 0.6 is 0 Å². The van der Waals surface area contributed by atoms with Crippen LogP contribution in [0.4, 0.5) is 4.79 Å². The van der Waals surface area contributed by atoms with Crippen LogP contribution in [0.3, 0.4) is 0 Å². The summed E-state index contributed by atoms with van der Waals surface area (Å²) in [6, 6.07) is 0.542. The monoisotopic (exact) mass is 232 g/mol. The molecular weight excluding hydrogens is 216 g/mol. The van der Waals surface area contributed by atoms with Crippen molar-refractivity contribution in [3.05, 3.63) is 23.8 Å². The fourth-order valence-corrected chi connectivity index (χ4v) is 2.98. The number of carbonyl (C=O) groups excluding carboxylic acids is 1. The Morgan fingerprint density at radius 1 is 1.59 bits per heavy atom. The fraction of sp³-hybridized carbons (Fsp3) is 0.583. The summed E-state index contributed by atoms with van der Waals surface area (Å²) in [7, 11) is 0. The quantitative estimate of drug-likeness (QED) is 0.793. The van der Waals surface area contributed by atoms with Gasteiger partial charge in [-0.15, -0.1) is 0 Å². The molecule has 3 rings (SSSR count). The van der Waals surface area contributed by atoms with Gasteiger partial charge in [0.05, 0.1) is 11.7 Å². The Hall–Kier alpha value is -1.65. The summed E-state index contributed by atoms with van der Waals surface area (Å²) >= 11 is 0. The summed E-state index contributed by atoms with van der Waals surface area (Å²) in [5.41, 5.74) is 2.25. The molecule has 2 aliphatic heterocycles. The van der Waals surface area contributed by atoms with Crippen molar-refractivity contribution in [3.63, 3.8) is 0 Å². The van der Waals surface area contributed by atoms with Crippen molar-refractivity contribution in [2.45, 2.75) is 38.3 Å². The number of hydrogen-bond donors (Lipinski definition) is 1. The van der Waals surface area contributed by atoms with Crippen molar-refractivity contribution in [2.75, 3.05) is 6.54 Å². The maximum Gasteiger partial charge on any atom is 0.318 e. The third-order valence-corrected chi connectivity index (χ3v) is 3.68. The van der Waals surface area contributed by atoms with Gasteiger partial charge in [-0.1, -0.05) is 0 Å². The molecule has 0 saturated carbocycles. The fourth-order valence-electron chi connectivity index (χ4n) is 2.98. The summed E-state index contributed by atoms with van der Waals surface area (Å²) in [4.78, 5) is 22.4. The van der Waals surface area contributed by atoms with Gasteiger partial charge in [0, 0.05) is 30.8 Å². The second kappa shape index (κ2) is 3.98. The lowest BCUT2D eigenvalue weighted by molar-refractivity contribution is 0.165. The van der Waals surface area contributed by atoms with E-state index in [2.05, 4.69) is 15.3 Å². The van der Waals surface area contributed by atoms with Gasteiger partial charge in [-0.3, -0.25) is 0 Å².